The molecule has 3 heterocycles. The number of thiophene rings is 1. The second-order valence-corrected chi connectivity index (χ2v) is 9.35. The number of rotatable bonds is 4. The third-order valence-electron chi connectivity index (χ3n) is 5.41. The Balaban J connectivity index is 1.45. The molecule has 3 aromatic heterocycles. The van der Waals surface area contributed by atoms with Crippen molar-refractivity contribution in [3.63, 3.8) is 0 Å². The summed E-state index contributed by atoms with van der Waals surface area (Å²) in [6.07, 6.45) is 4.44. The van der Waals surface area contributed by atoms with Crippen LogP contribution in [0.1, 0.15) is 34.7 Å². The number of benzene rings is 1. The summed E-state index contributed by atoms with van der Waals surface area (Å²) in [5, 5.41) is 1.56. The van der Waals surface area contributed by atoms with Crippen molar-refractivity contribution in [2.24, 2.45) is 7.05 Å². The van der Waals surface area contributed by atoms with Gasteiger partial charge in [0.25, 0.3) is 5.56 Å². The van der Waals surface area contributed by atoms with Crippen molar-refractivity contribution in [3.05, 3.63) is 62.6 Å². The van der Waals surface area contributed by atoms with Gasteiger partial charge in [-0.15, -0.1) is 11.3 Å². The van der Waals surface area contributed by atoms with Crippen molar-refractivity contribution < 1.29 is 4.42 Å². The molecule has 0 atom stereocenters. The zero-order chi connectivity index (χ0) is 20.0. The van der Waals surface area contributed by atoms with Crippen molar-refractivity contribution in [2.75, 3.05) is 0 Å². The van der Waals surface area contributed by atoms with E-state index in [9.17, 15) is 4.79 Å². The number of aryl methyl sites for hydroxylation is 3. The maximum atomic E-state index is 13.0. The lowest BCUT2D eigenvalue weighted by molar-refractivity contribution is 0.540. The lowest BCUT2D eigenvalue weighted by Crippen LogP contribution is -2.20. The molecule has 5 nitrogen and oxygen atoms in total. The van der Waals surface area contributed by atoms with E-state index in [-0.39, 0.29) is 5.56 Å². The predicted molar refractivity (Wildman–Crippen MR) is 118 cm³/mol. The molecule has 0 unspecified atom stereocenters. The van der Waals surface area contributed by atoms with Gasteiger partial charge in [0.15, 0.2) is 5.16 Å². The van der Waals surface area contributed by atoms with Gasteiger partial charge < -0.3 is 4.42 Å². The van der Waals surface area contributed by atoms with Crippen LogP contribution in [0.4, 0.5) is 0 Å². The fraction of sp³-hybridized carbons (Fsp3) is 0.318. The number of nitrogens with zero attached hydrogens (tertiary/aromatic N) is 3. The summed E-state index contributed by atoms with van der Waals surface area (Å²) >= 11 is 3.22. The maximum absolute atomic E-state index is 13.0. The van der Waals surface area contributed by atoms with Crippen molar-refractivity contribution in [2.45, 2.75) is 43.5 Å². The Hall–Kier alpha value is -2.38. The van der Waals surface area contributed by atoms with Gasteiger partial charge in [0.2, 0.25) is 5.89 Å². The second kappa shape index (κ2) is 7.46. The minimum atomic E-state index is 0.0683. The highest BCUT2D eigenvalue weighted by atomic mass is 32.2. The number of thioether (sulfide) groups is 1. The van der Waals surface area contributed by atoms with Crippen LogP contribution in [-0.2, 0) is 25.6 Å². The predicted octanol–water partition coefficient (Wildman–Crippen LogP) is 5.13. The summed E-state index contributed by atoms with van der Waals surface area (Å²) in [5.41, 5.74) is 3.15. The average Bonchev–Trinajstić information content (AvgIpc) is 3.30. The van der Waals surface area contributed by atoms with Crippen LogP contribution < -0.4 is 5.56 Å². The normalized spacial score (nSPS) is 13.7. The van der Waals surface area contributed by atoms with Crippen LogP contribution in [0.25, 0.3) is 21.7 Å². The molecule has 0 saturated heterocycles. The smallest absolute Gasteiger partial charge is 0.262 e. The van der Waals surface area contributed by atoms with Crippen molar-refractivity contribution >= 4 is 33.3 Å². The molecule has 0 amide bonds. The van der Waals surface area contributed by atoms with Gasteiger partial charge in [-0.1, -0.05) is 30.0 Å². The highest BCUT2D eigenvalue weighted by molar-refractivity contribution is 7.98. The molecular weight excluding hydrogens is 402 g/mol. The molecule has 148 valence electrons. The first-order valence-electron chi connectivity index (χ1n) is 9.77. The lowest BCUT2D eigenvalue weighted by atomic mass is 9.97. The zero-order valence-corrected chi connectivity index (χ0v) is 18.0. The van der Waals surface area contributed by atoms with Gasteiger partial charge in [-0.2, -0.15) is 0 Å². The van der Waals surface area contributed by atoms with Crippen LogP contribution >= 0.6 is 23.1 Å². The monoisotopic (exact) mass is 423 g/mol. The number of hydrogen-bond donors (Lipinski definition) is 0. The Morgan fingerprint density at radius 2 is 1.97 bits per heavy atom. The van der Waals surface area contributed by atoms with Gasteiger partial charge in [-0.05, 0) is 50.3 Å². The molecule has 5 rings (SSSR count). The van der Waals surface area contributed by atoms with E-state index in [4.69, 9.17) is 9.40 Å². The van der Waals surface area contributed by atoms with Crippen molar-refractivity contribution in [1.82, 2.24) is 14.5 Å². The Morgan fingerprint density at radius 3 is 2.79 bits per heavy atom. The van der Waals surface area contributed by atoms with Crippen LogP contribution in [0.3, 0.4) is 0 Å². The summed E-state index contributed by atoms with van der Waals surface area (Å²) in [6, 6.07) is 9.89. The van der Waals surface area contributed by atoms with Crippen LogP contribution in [0.15, 0.2) is 44.7 Å². The van der Waals surface area contributed by atoms with Gasteiger partial charge in [-0.3, -0.25) is 9.36 Å². The molecule has 0 saturated carbocycles. The Labute approximate surface area is 176 Å². The van der Waals surface area contributed by atoms with Gasteiger partial charge in [0, 0.05) is 23.2 Å². The fourth-order valence-corrected chi connectivity index (χ4v) is 6.07. The Bertz CT molecular complexity index is 1250. The highest BCUT2D eigenvalue weighted by Crippen LogP contribution is 2.35. The number of hydrogen-bond acceptors (Lipinski definition) is 6. The standard InChI is InChI=1S/C22H21N3O2S2/c1-13-16(23-19(27-13)14-8-4-3-5-9-14)12-28-22-24-20-18(21(26)25(22)2)15-10-6-7-11-17(15)29-20/h3-5,8-9H,6-7,10-12H2,1-2H3. The molecule has 0 spiro atoms. The number of oxazole rings is 1. The Kier molecular flexibility index (Phi) is 4.80. The van der Waals surface area contributed by atoms with Gasteiger partial charge in [-0.25, -0.2) is 9.97 Å². The van der Waals surface area contributed by atoms with Crippen molar-refractivity contribution in [3.8, 4) is 11.5 Å². The van der Waals surface area contributed by atoms with Crippen molar-refractivity contribution in [1.29, 1.82) is 0 Å². The van der Waals surface area contributed by atoms with Crippen LogP contribution in [0.5, 0.6) is 0 Å². The van der Waals surface area contributed by atoms with Gasteiger partial charge in [0.1, 0.15) is 10.6 Å². The topological polar surface area (TPSA) is 60.9 Å². The van der Waals surface area contributed by atoms with E-state index in [1.54, 1.807) is 15.9 Å². The third kappa shape index (κ3) is 3.32. The third-order valence-corrected chi connectivity index (χ3v) is 7.63. The molecule has 7 heteroatoms. The summed E-state index contributed by atoms with van der Waals surface area (Å²) in [5.74, 6) is 2.04. The molecular formula is C22H21N3O2S2. The quantitative estimate of drug-likeness (QED) is 0.336. The molecule has 0 bridgehead atoms. The molecule has 0 N–H and O–H groups in total. The van der Waals surface area contributed by atoms with E-state index in [1.807, 2.05) is 44.3 Å². The largest absolute Gasteiger partial charge is 0.441 e. The van der Waals surface area contributed by atoms with E-state index in [2.05, 4.69) is 4.98 Å². The molecule has 0 aliphatic heterocycles. The minimum absolute atomic E-state index is 0.0683. The number of aromatic nitrogens is 3. The van der Waals surface area contributed by atoms with Crippen LogP contribution in [0, 0.1) is 6.92 Å². The van der Waals surface area contributed by atoms with Gasteiger partial charge >= 0.3 is 0 Å². The SMILES string of the molecule is Cc1oc(-c2ccccc2)nc1CSc1nc2sc3c(c2c(=O)n1C)CCCC3. The van der Waals surface area contributed by atoms with E-state index in [0.29, 0.717) is 11.6 Å². The molecule has 1 aliphatic carbocycles. The average molecular weight is 424 g/mol. The van der Waals surface area contributed by atoms with E-state index in [1.165, 1.54) is 28.6 Å². The summed E-state index contributed by atoms with van der Waals surface area (Å²) in [4.78, 5) is 24.8. The van der Waals surface area contributed by atoms with Crippen LogP contribution in [0.2, 0.25) is 0 Å². The molecule has 0 fully saturated rings. The molecule has 0 radical (unpaired) electrons. The second-order valence-electron chi connectivity index (χ2n) is 7.33. The molecule has 4 aromatic rings. The first-order chi connectivity index (χ1) is 14.1. The fourth-order valence-electron chi connectivity index (χ4n) is 3.80. The zero-order valence-electron chi connectivity index (χ0n) is 16.4. The Morgan fingerprint density at radius 1 is 1.17 bits per heavy atom. The molecule has 1 aromatic carbocycles. The summed E-state index contributed by atoms with van der Waals surface area (Å²) < 4.78 is 7.54. The minimum Gasteiger partial charge on any atom is -0.441 e. The van der Waals surface area contributed by atoms with E-state index >= 15 is 0 Å². The molecule has 29 heavy (non-hydrogen) atoms. The van der Waals surface area contributed by atoms with E-state index in [0.717, 1.165) is 51.7 Å². The number of fused-ring (bicyclic) bond motifs is 3. The lowest BCUT2D eigenvalue weighted by Gasteiger charge is -2.10. The maximum Gasteiger partial charge on any atom is 0.262 e. The summed E-state index contributed by atoms with van der Waals surface area (Å²) in [6.45, 7) is 1.93. The van der Waals surface area contributed by atoms with E-state index < -0.39 is 0 Å². The first-order valence-corrected chi connectivity index (χ1v) is 11.6. The van der Waals surface area contributed by atoms with Gasteiger partial charge in [0.05, 0.1) is 11.1 Å². The first kappa shape index (κ1) is 18.6. The summed E-state index contributed by atoms with van der Waals surface area (Å²) in [7, 11) is 1.81. The van der Waals surface area contributed by atoms with Crippen LogP contribution in [-0.4, -0.2) is 14.5 Å². The highest BCUT2D eigenvalue weighted by Gasteiger charge is 2.21. The molecule has 1 aliphatic rings.